The van der Waals surface area contributed by atoms with Crippen LogP contribution in [0.1, 0.15) is 59.8 Å². The average molecular weight is 379 g/mol. The lowest BCUT2D eigenvalue weighted by atomic mass is 9.66. The third-order valence-corrected chi connectivity index (χ3v) is 6.01. The van der Waals surface area contributed by atoms with E-state index in [9.17, 15) is 0 Å². The predicted octanol–water partition coefficient (Wildman–Crippen LogP) is 4.01. The number of hydrogen-bond acceptors (Lipinski definition) is 6. The Bertz CT molecular complexity index is 359. The highest BCUT2D eigenvalue weighted by molar-refractivity contribution is 5.02. The van der Waals surface area contributed by atoms with Crippen molar-refractivity contribution in [3.63, 3.8) is 0 Å². The highest BCUT2D eigenvalue weighted by Crippen LogP contribution is 2.53. The van der Waals surface area contributed by atoms with Crippen LogP contribution in [0.15, 0.2) is 0 Å². The summed E-state index contributed by atoms with van der Waals surface area (Å²) in [4.78, 5) is 0. The van der Waals surface area contributed by atoms with Crippen LogP contribution in [0.5, 0.6) is 0 Å². The maximum absolute atomic E-state index is 6.01. The molecule has 0 N–H and O–H groups in total. The summed E-state index contributed by atoms with van der Waals surface area (Å²) in [6.45, 7) is 8.30. The number of rotatable bonds is 15. The summed E-state index contributed by atoms with van der Waals surface area (Å²) >= 11 is 0. The summed E-state index contributed by atoms with van der Waals surface area (Å²) in [5, 5.41) is 0. The summed E-state index contributed by atoms with van der Waals surface area (Å²) < 4.78 is 35.2. The van der Waals surface area contributed by atoms with E-state index < -0.39 is 17.0 Å². The molecule has 0 bridgehead atoms. The molecule has 0 fully saturated rings. The van der Waals surface area contributed by atoms with Crippen LogP contribution in [0.25, 0.3) is 0 Å². The zero-order valence-corrected chi connectivity index (χ0v) is 18.6. The molecule has 3 unspecified atom stereocenters. The Kier molecular flexibility index (Phi) is 11.5. The van der Waals surface area contributed by atoms with Crippen LogP contribution in [-0.2, 0) is 28.4 Å². The van der Waals surface area contributed by atoms with Gasteiger partial charge in [-0.05, 0) is 33.1 Å². The lowest BCUT2D eigenvalue weighted by Gasteiger charge is -2.56. The fourth-order valence-electron chi connectivity index (χ4n) is 4.34. The molecule has 0 aromatic rings. The summed E-state index contributed by atoms with van der Waals surface area (Å²) in [5.74, 6) is -1.77. The lowest BCUT2D eigenvalue weighted by Crippen LogP contribution is -2.64. The van der Waals surface area contributed by atoms with Crippen LogP contribution in [-0.4, -0.2) is 66.4 Å². The molecule has 0 aliphatic heterocycles. The van der Waals surface area contributed by atoms with E-state index in [0.29, 0.717) is 19.3 Å². The summed E-state index contributed by atoms with van der Waals surface area (Å²) in [5.41, 5.74) is -0.633. The van der Waals surface area contributed by atoms with Crippen molar-refractivity contribution in [1.82, 2.24) is 0 Å². The SMILES string of the molecule is CCCC(OC)(OC)C(C)(CC(CC(C)OC)OC)C(CC)(OC)OC. The molecule has 26 heavy (non-hydrogen) atoms. The van der Waals surface area contributed by atoms with Crippen molar-refractivity contribution in [2.75, 3.05) is 42.7 Å². The van der Waals surface area contributed by atoms with E-state index in [1.54, 1.807) is 42.7 Å². The van der Waals surface area contributed by atoms with Gasteiger partial charge in [0.1, 0.15) is 0 Å². The van der Waals surface area contributed by atoms with Crippen molar-refractivity contribution in [3.05, 3.63) is 0 Å². The topological polar surface area (TPSA) is 55.4 Å². The van der Waals surface area contributed by atoms with E-state index >= 15 is 0 Å². The van der Waals surface area contributed by atoms with Crippen molar-refractivity contribution in [1.29, 1.82) is 0 Å². The molecule has 6 heteroatoms. The Morgan fingerprint density at radius 1 is 0.769 bits per heavy atom. The monoisotopic (exact) mass is 378 g/mol. The Morgan fingerprint density at radius 2 is 1.27 bits per heavy atom. The first-order valence-electron chi connectivity index (χ1n) is 9.51. The van der Waals surface area contributed by atoms with Crippen LogP contribution >= 0.6 is 0 Å². The van der Waals surface area contributed by atoms with Crippen molar-refractivity contribution < 1.29 is 28.4 Å². The van der Waals surface area contributed by atoms with Crippen molar-refractivity contribution in [2.45, 2.75) is 83.6 Å². The molecule has 158 valence electrons. The molecule has 0 aliphatic carbocycles. The van der Waals surface area contributed by atoms with Gasteiger partial charge in [0.05, 0.1) is 17.6 Å². The van der Waals surface area contributed by atoms with Gasteiger partial charge in [-0.25, -0.2) is 0 Å². The molecule has 0 radical (unpaired) electrons. The smallest absolute Gasteiger partial charge is 0.178 e. The van der Waals surface area contributed by atoms with Crippen molar-refractivity contribution in [2.24, 2.45) is 5.41 Å². The van der Waals surface area contributed by atoms with Gasteiger partial charge in [0, 0.05) is 49.1 Å². The molecule has 0 rings (SSSR count). The van der Waals surface area contributed by atoms with E-state index in [4.69, 9.17) is 28.4 Å². The Morgan fingerprint density at radius 3 is 1.58 bits per heavy atom. The minimum atomic E-state index is -0.888. The van der Waals surface area contributed by atoms with Crippen LogP contribution in [0.4, 0.5) is 0 Å². The highest BCUT2D eigenvalue weighted by atomic mass is 16.7. The van der Waals surface area contributed by atoms with Crippen LogP contribution in [0.2, 0.25) is 0 Å². The van der Waals surface area contributed by atoms with Gasteiger partial charge < -0.3 is 28.4 Å². The first-order chi connectivity index (χ1) is 12.3. The molecule has 0 aromatic carbocycles. The van der Waals surface area contributed by atoms with Gasteiger partial charge in [0.2, 0.25) is 0 Å². The first-order valence-corrected chi connectivity index (χ1v) is 9.51. The van der Waals surface area contributed by atoms with Gasteiger partial charge in [-0.2, -0.15) is 0 Å². The Balaban J connectivity index is 6.24. The Labute approximate surface area is 160 Å². The number of ether oxygens (including phenoxy) is 6. The maximum Gasteiger partial charge on any atom is 0.178 e. The van der Waals surface area contributed by atoms with Gasteiger partial charge in [0.15, 0.2) is 11.6 Å². The van der Waals surface area contributed by atoms with Crippen LogP contribution < -0.4 is 0 Å². The minimum absolute atomic E-state index is 0.0623. The summed E-state index contributed by atoms with van der Waals surface area (Å²) in [6, 6.07) is 0. The highest BCUT2D eigenvalue weighted by Gasteiger charge is 2.62. The van der Waals surface area contributed by atoms with Gasteiger partial charge in [-0.1, -0.05) is 20.3 Å². The molecule has 6 nitrogen and oxygen atoms in total. The Hall–Kier alpha value is -0.240. The van der Waals surface area contributed by atoms with Gasteiger partial charge in [-0.3, -0.25) is 0 Å². The van der Waals surface area contributed by atoms with E-state index in [-0.39, 0.29) is 12.2 Å². The lowest BCUT2D eigenvalue weighted by molar-refractivity contribution is -0.383. The second kappa shape index (κ2) is 11.6. The van der Waals surface area contributed by atoms with Crippen LogP contribution in [0, 0.1) is 5.41 Å². The quantitative estimate of drug-likeness (QED) is 0.401. The second-order valence-corrected chi connectivity index (χ2v) is 7.10. The summed E-state index contributed by atoms with van der Waals surface area (Å²) in [7, 11) is 10.1. The van der Waals surface area contributed by atoms with Crippen molar-refractivity contribution in [3.8, 4) is 0 Å². The van der Waals surface area contributed by atoms with E-state index in [0.717, 1.165) is 12.8 Å². The number of methoxy groups -OCH3 is 6. The van der Waals surface area contributed by atoms with E-state index in [1.807, 2.05) is 13.8 Å². The molecule has 0 spiro atoms. The standard InChI is InChI=1S/C20H42O6/c1-11-13-20(25-9,26-10)18(4,19(12-2,23-7)24-8)15-17(22-6)14-16(3)21-5/h16-17H,11-15H2,1-10H3. The van der Waals surface area contributed by atoms with E-state index in [1.165, 1.54) is 0 Å². The molecular weight excluding hydrogens is 336 g/mol. The molecule has 0 aliphatic rings. The van der Waals surface area contributed by atoms with Crippen LogP contribution in [0.3, 0.4) is 0 Å². The number of hydrogen-bond donors (Lipinski definition) is 0. The molecule has 0 aromatic heterocycles. The molecule has 0 amide bonds. The first kappa shape index (κ1) is 25.8. The third kappa shape index (κ3) is 4.97. The zero-order chi connectivity index (χ0) is 20.4. The second-order valence-electron chi connectivity index (χ2n) is 7.10. The zero-order valence-electron chi connectivity index (χ0n) is 18.6. The molecule has 0 saturated heterocycles. The van der Waals surface area contributed by atoms with Crippen molar-refractivity contribution >= 4 is 0 Å². The van der Waals surface area contributed by atoms with E-state index in [2.05, 4.69) is 13.8 Å². The molecule has 0 saturated carbocycles. The molecule has 0 heterocycles. The normalized spacial score (nSPS) is 17.8. The maximum atomic E-state index is 6.01. The third-order valence-electron chi connectivity index (χ3n) is 6.01. The fourth-order valence-corrected chi connectivity index (χ4v) is 4.34. The minimum Gasteiger partial charge on any atom is -0.382 e. The average Bonchev–Trinajstić information content (AvgIpc) is 2.66. The molecular formula is C20H42O6. The van der Waals surface area contributed by atoms with Gasteiger partial charge in [-0.15, -0.1) is 0 Å². The molecule has 3 atom stereocenters. The predicted molar refractivity (Wildman–Crippen MR) is 103 cm³/mol. The fraction of sp³-hybridized carbons (Fsp3) is 1.00. The van der Waals surface area contributed by atoms with Gasteiger partial charge >= 0.3 is 0 Å². The summed E-state index contributed by atoms with van der Waals surface area (Å²) in [6.07, 6.45) is 3.66. The van der Waals surface area contributed by atoms with Gasteiger partial charge in [0.25, 0.3) is 0 Å². The largest absolute Gasteiger partial charge is 0.382 e.